The van der Waals surface area contributed by atoms with Crippen LogP contribution in [-0.4, -0.2) is 37.9 Å². The van der Waals surface area contributed by atoms with Crippen LogP contribution < -0.4 is 14.8 Å². The number of benzene rings is 1. The van der Waals surface area contributed by atoms with E-state index >= 15 is 0 Å². The molecule has 1 rings (SSSR count). The van der Waals surface area contributed by atoms with E-state index in [4.69, 9.17) is 14.6 Å². The summed E-state index contributed by atoms with van der Waals surface area (Å²) < 4.78 is 10.5. The van der Waals surface area contributed by atoms with Gasteiger partial charge in [-0.3, -0.25) is 4.79 Å². The number of methoxy groups -OCH3 is 2. The summed E-state index contributed by atoms with van der Waals surface area (Å²) in [6.45, 7) is 3.87. The molecule has 0 fully saturated rings. The van der Waals surface area contributed by atoms with E-state index in [1.165, 1.54) is 0 Å². The van der Waals surface area contributed by atoms with Crippen LogP contribution in [0.4, 0.5) is 0 Å². The van der Waals surface area contributed by atoms with Crippen molar-refractivity contribution < 1.29 is 19.4 Å². The van der Waals surface area contributed by atoms with Gasteiger partial charge in [0, 0.05) is 19.0 Å². The molecule has 0 aromatic heterocycles. The highest BCUT2D eigenvalue weighted by Gasteiger charge is 2.16. The molecule has 2 N–H and O–H groups in total. The fourth-order valence-electron chi connectivity index (χ4n) is 1.95. The third-order valence-corrected chi connectivity index (χ3v) is 3.06. The summed E-state index contributed by atoms with van der Waals surface area (Å²) in [5.74, 6) is 1.36. The molecule has 5 nitrogen and oxygen atoms in total. The summed E-state index contributed by atoms with van der Waals surface area (Å²) in [5.41, 5.74) is 0.959. The van der Waals surface area contributed by atoms with Crippen molar-refractivity contribution in [1.29, 1.82) is 0 Å². The molecule has 5 heteroatoms. The Kier molecular flexibility index (Phi) is 6.31. The van der Waals surface area contributed by atoms with Gasteiger partial charge in [-0.25, -0.2) is 0 Å². The van der Waals surface area contributed by atoms with Crippen molar-refractivity contribution in [1.82, 2.24) is 5.32 Å². The van der Waals surface area contributed by atoms with E-state index in [1.54, 1.807) is 27.2 Å². The first-order valence-corrected chi connectivity index (χ1v) is 6.64. The van der Waals surface area contributed by atoms with E-state index in [-0.39, 0.29) is 18.4 Å². The molecule has 0 saturated heterocycles. The normalized spacial score (nSPS) is 13.4. The van der Waals surface area contributed by atoms with Crippen LogP contribution in [0.25, 0.3) is 0 Å². The summed E-state index contributed by atoms with van der Waals surface area (Å²) >= 11 is 0. The van der Waals surface area contributed by atoms with E-state index in [1.807, 2.05) is 19.1 Å². The average Bonchev–Trinajstić information content (AvgIpc) is 2.44. The van der Waals surface area contributed by atoms with E-state index in [0.717, 1.165) is 11.3 Å². The molecule has 0 bridgehead atoms. The second-order valence-electron chi connectivity index (χ2n) is 4.87. The van der Waals surface area contributed by atoms with Gasteiger partial charge in [-0.2, -0.15) is 0 Å². The van der Waals surface area contributed by atoms with E-state index in [0.29, 0.717) is 12.2 Å². The zero-order valence-corrected chi connectivity index (χ0v) is 12.5. The lowest BCUT2D eigenvalue weighted by molar-refractivity contribution is -0.121. The molecule has 0 aliphatic carbocycles. The number of carbonyl (C=O) groups is 1. The Morgan fingerprint density at radius 2 is 2.00 bits per heavy atom. The molecule has 112 valence electrons. The second-order valence-corrected chi connectivity index (χ2v) is 4.87. The van der Waals surface area contributed by atoms with Gasteiger partial charge in [0.1, 0.15) is 11.5 Å². The molecule has 0 aliphatic rings. The SMILES string of the molecule is COc1ccc(C(C)CC(=O)NCC(C)O)c(OC)c1. The maximum atomic E-state index is 11.8. The highest BCUT2D eigenvalue weighted by atomic mass is 16.5. The van der Waals surface area contributed by atoms with Crippen molar-refractivity contribution in [2.75, 3.05) is 20.8 Å². The number of hydrogen-bond acceptors (Lipinski definition) is 4. The maximum absolute atomic E-state index is 11.8. The van der Waals surface area contributed by atoms with Gasteiger partial charge >= 0.3 is 0 Å². The van der Waals surface area contributed by atoms with Gasteiger partial charge in [0.05, 0.1) is 20.3 Å². The van der Waals surface area contributed by atoms with Crippen LogP contribution >= 0.6 is 0 Å². The highest BCUT2D eigenvalue weighted by Crippen LogP contribution is 2.31. The maximum Gasteiger partial charge on any atom is 0.220 e. The molecule has 0 spiro atoms. The largest absolute Gasteiger partial charge is 0.497 e. The number of ether oxygens (including phenoxy) is 2. The topological polar surface area (TPSA) is 67.8 Å². The predicted octanol–water partition coefficient (Wildman–Crippen LogP) is 1.69. The molecule has 2 atom stereocenters. The Hall–Kier alpha value is -1.75. The monoisotopic (exact) mass is 281 g/mol. The summed E-state index contributed by atoms with van der Waals surface area (Å²) in [4.78, 5) is 11.8. The highest BCUT2D eigenvalue weighted by molar-refractivity contribution is 5.77. The summed E-state index contributed by atoms with van der Waals surface area (Å²) in [7, 11) is 3.19. The number of aliphatic hydroxyl groups is 1. The first-order valence-electron chi connectivity index (χ1n) is 6.64. The lowest BCUT2D eigenvalue weighted by atomic mass is 9.96. The van der Waals surface area contributed by atoms with Gasteiger partial charge < -0.3 is 19.9 Å². The average molecular weight is 281 g/mol. The van der Waals surface area contributed by atoms with Gasteiger partial charge in [-0.05, 0) is 24.5 Å². The molecule has 1 aromatic carbocycles. The third-order valence-electron chi connectivity index (χ3n) is 3.06. The van der Waals surface area contributed by atoms with Crippen molar-refractivity contribution in [2.45, 2.75) is 32.3 Å². The Morgan fingerprint density at radius 3 is 2.55 bits per heavy atom. The number of amides is 1. The van der Waals surface area contributed by atoms with Crippen molar-refractivity contribution >= 4 is 5.91 Å². The van der Waals surface area contributed by atoms with Gasteiger partial charge in [0.25, 0.3) is 0 Å². The van der Waals surface area contributed by atoms with Crippen LogP contribution in [0.15, 0.2) is 18.2 Å². The Balaban J connectivity index is 2.71. The van der Waals surface area contributed by atoms with Crippen molar-refractivity contribution in [3.05, 3.63) is 23.8 Å². The number of rotatable bonds is 7. The Labute approximate surface area is 119 Å². The van der Waals surface area contributed by atoms with Gasteiger partial charge in [-0.1, -0.05) is 13.0 Å². The zero-order valence-electron chi connectivity index (χ0n) is 12.5. The molecule has 0 aliphatic heterocycles. The van der Waals surface area contributed by atoms with Crippen molar-refractivity contribution in [3.8, 4) is 11.5 Å². The quantitative estimate of drug-likeness (QED) is 0.798. The number of aliphatic hydroxyl groups excluding tert-OH is 1. The number of hydrogen-bond donors (Lipinski definition) is 2. The Bertz CT molecular complexity index is 445. The smallest absolute Gasteiger partial charge is 0.220 e. The fraction of sp³-hybridized carbons (Fsp3) is 0.533. The van der Waals surface area contributed by atoms with Crippen LogP contribution in [0.3, 0.4) is 0 Å². The molecular weight excluding hydrogens is 258 g/mol. The van der Waals surface area contributed by atoms with Gasteiger partial charge in [0.15, 0.2) is 0 Å². The van der Waals surface area contributed by atoms with Crippen LogP contribution in [0, 0.1) is 0 Å². The first kappa shape index (κ1) is 16.3. The molecular formula is C15H23NO4. The number of carbonyl (C=O) groups excluding carboxylic acids is 1. The molecule has 0 heterocycles. The molecule has 0 saturated carbocycles. The first-order chi connectivity index (χ1) is 9.47. The van der Waals surface area contributed by atoms with Crippen LogP contribution in [0.1, 0.15) is 31.7 Å². The molecule has 1 amide bonds. The van der Waals surface area contributed by atoms with Crippen LogP contribution in [0.5, 0.6) is 11.5 Å². The minimum atomic E-state index is -0.537. The summed E-state index contributed by atoms with van der Waals surface area (Å²) in [5, 5.41) is 11.8. The van der Waals surface area contributed by atoms with Crippen molar-refractivity contribution in [3.63, 3.8) is 0 Å². The lowest BCUT2D eigenvalue weighted by Gasteiger charge is -2.16. The Morgan fingerprint density at radius 1 is 1.30 bits per heavy atom. The van der Waals surface area contributed by atoms with Gasteiger partial charge in [0.2, 0.25) is 5.91 Å². The minimum absolute atomic E-state index is 0.0184. The molecule has 2 unspecified atom stereocenters. The summed E-state index contributed by atoms with van der Waals surface area (Å²) in [6, 6.07) is 5.56. The zero-order chi connectivity index (χ0) is 15.1. The molecule has 1 aromatic rings. The minimum Gasteiger partial charge on any atom is -0.497 e. The second kappa shape index (κ2) is 7.75. The molecule has 20 heavy (non-hydrogen) atoms. The van der Waals surface area contributed by atoms with Crippen molar-refractivity contribution in [2.24, 2.45) is 0 Å². The van der Waals surface area contributed by atoms with Crippen LogP contribution in [-0.2, 0) is 4.79 Å². The lowest BCUT2D eigenvalue weighted by Crippen LogP contribution is -2.31. The molecule has 0 radical (unpaired) electrons. The fourth-order valence-corrected chi connectivity index (χ4v) is 1.95. The summed E-state index contributed by atoms with van der Waals surface area (Å²) in [6.07, 6.45) is -0.195. The van der Waals surface area contributed by atoms with Crippen LogP contribution in [0.2, 0.25) is 0 Å². The van der Waals surface area contributed by atoms with E-state index in [9.17, 15) is 4.79 Å². The van der Waals surface area contributed by atoms with E-state index < -0.39 is 6.10 Å². The van der Waals surface area contributed by atoms with E-state index in [2.05, 4.69) is 5.32 Å². The third kappa shape index (κ3) is 4.74. The predicted molar refractivity (Wildman–Crippen MR) is 77.3 cm³/mol. The van der Waals surface area contributed by atoms with Gasteiger partial charge in [-0.15, -0.1) is 0 Å². The standard InChI is InChI=1S/C15H23NO4/c1-10(7-15(18)16-9-11(2)17)13-6-5-12(19-3)8-14(13)20-4/h5-6,8,10-11,17H,7,9H2,1-4H3,(H,16,18). The number of nitrogens with one attached hydrogen (secondary N) is 1.